The van der Waals surface area contributed by atoms with E-state index in [0.717, 1.165) is 45.3 Å². The van der Waals surface area contributed by atoms with Crippen LogP contribution in [0.2, 0.25) is 0 Å². The second-order valence-electron chi connectivity index (χ2n) is 8.08. The van der Waals surface area contributed by atoms with E-state index >= 15 is 0 Å². The summed E-state index contributed by atoms with van der Waals surface area (Å²) >= 11 is 0. The molecule has 1 saturated heterocycles. The first-order valence-electron chi connectivity index (χ1n) is 11.5. The molecule has 0 saturated carbocycles. The maximum absolute atomic E-state index is 13.0. The van der Waals surface area contributed by atoms with Crippen molar-refractivity contribution in [2.75, 3.05) is 31.1 Å². The van der Waals surface area contributed by atoms with Crippen LogP contribution < -0.4 is 4.90 Å². The van der Waals surface area contributed by atoms with Gasteiger partial charge in [-0.05, 0) is 43.4 Å². The summed E-state index contributed by atoms with van der Waals surface area (Å²) in [6, 6.07) is 18.0. The molecule has 0 unspecified atom stereocenters. The van der Waals surface area contributed by atoms with Crippen LogP contribution in [0.15, 0.2) is 54.6 Å². The summed E-state index contributed by atoms with van der Waals surface area (Å²) in [6.45, 7) is 7.16. The van der Waals surface area contributed by atoms with Crippen molar-refractivity contribution in [2.24, 2.45) is 0 Å². The summed E-state index contributed by atoms with van der Waals surface area (Å²) in [5, 5.41) is 0. The fourth-order valence-electron chi connectivity index (χ4n) is 4.17. The van der Waals surface area contributed by atoms with Crippen molar-refractivity contribution < 1.29 is 14.3 Å². The van der Waals surface area contributed by atoms with Crippen molar-refractivity contribution in [3.8, 4) is 0 Å². The lowest BCUT2D eigenvalue weighted by atomic mass is 9.99. The quantitative estimate of drug-likeness (QED) is 0.489. The second-order valence-corrected chi connectivity index (χ2v) is 8.08. The van der Waals surface area contributed by atoms with Crippen molar-refractivity contribution in [3.63, 3.8) is 0 Å². The molecule has 1 fully saturated rings. The number of hydrogen-bond acceptors (Lipinski definition) is 4. The van der Waals surface area contributed by atoms with E-state index in [1.54, 1.807) is 6.07 Å². The number of anilines is 1. The fraction of sp³-hybridized carbons (Fsp3) is 0.462. The zero-order valence-electron chi connectivity index (χ0n) is 19.2. The number of nitrogens with zero attached hydrogens (tertiary/aromatic N) is 2. The van der Waals surface area contributed by atoms with Crippen molar-refractivity contribution in [2.45, 2.75) is 52.0 Å². The van der Waals surface area contributed by atoms with Gasteiger partial charge in [0.1, 0.15) is 0 Å². The fourth-order valence-corrected chi connectivity index (χ4v) is 4.17. The van der Waals surface area contributed by atoms with Gasteiger partial charge in [-0.3, -0.25) is 4.79 Å². The van der Waals surface area contributed by atoms with Gasteiger partial charge in [0.2, 0.25) is 5.91 Å². The van der Waals surface area contributed by atoms with Crippen LogP contribution in [0.1, 0.15) is 55.5 Å². The van der Waals surface area contributed by atoms with Crippen LogP contribution in [0.25, 0.3) is 0 Å². The molecule has 1 amide bonds. The highest BCUT2D eigenvalue weighted by Crippen LogP contribution is 2.28. The van der Waals surface area contributed by atoms with Crippen LogP contribution in [-0.2, 0) is 16.0 Å². The largest absolute Gasteiger partial charge is 0.462 e. The van der Waals surface area contributed by atoms with E-state index in [0.29, 0.717) is 24.3 Å². The van der Waals surface area contributed by atoms with E-state index in [1.165, 1.54) is 5.56 Å². The van der Waals surface area contributed by atoms with Gasteiger partial charge in [-0.1, -0.05) is 56.3 Å². The molecule has 2 aromatic carbocycles. The van der Waals surface area contributed by atoms with Crippen molar-refractivity contribution in [1.82, 2.24) is 4.90 Å². The Balaban J connectivity index is 0.00000363. The minimum absolute atomic E-state index is 0. The third kappa shape index (κ3) is 6.81. The normalized spacial score (nSPS) is 14.4. The van der Waals surface area contributed by atoms with Gasteiger partial charge in [-0.2, -0.15) is 0 Å². The van der Waals surface area contributed by atoms with E-state index in [2.05, 4.69) is 29.2 Å². The molecule has 0 N–H and O–H groups in total. The number of esters is 1. The highest BCUT2D eigenvalue weighted by Gasteiger charge is 2.31. The van der Waals surface area contributed by atoms with Gasteiger partial charge in [0.05, 0.1) is 17.9 Å². The molecule has 6 heteroatoms. The molecule has 1 heterocycles. The lowest BCUT2D eigenvalue weighted by molar-refractivity contribution is -0.119. The van der Waals surface area contributed by atoms with Gasteiger partial charge in [-0.25, -0.2) is 4.79 Å². The van der Waals surface area contributed by atoms with E-state index in [4.69, 9.17) is 4.74 Å². The van der Waals surface area contributed by atoms with Gasteiger partial charge in [0, 0.05) is 32.1 Å². The maximum Gasteiger partial charge on any atom is 0.340 e. The molecule has 0 atom stereocenters. The number of carbonyl (C=O) groups is 2. The summed E-state index contributed by atoms with van der Waals surface area (Å²) in [7, 11) is 0. The number of likely N-dealkylation sites (tertiary alicyclic amines) is 1. The number of amides is 1. The lowest BCUT2D eigenvalue weighted by Crippen LogP contribution is -2.48. The number of benzene rings is 2. The molecule has 32 heavy (non-hydrogen) atoms. The lowest BCUT2D eigenvalue weighted by Gasteiger charge is -2.39. The molecule has 1 aliphatic rings. The first-order valence-corrected chi connectivity index (χ1v) is 11.5. The molecular weight excluding hydrogens is 424 g/mol. The van der Waals surface area contributed by atoms with E-state index in [-0.39, 0.29) is 30.3 Å². The predicted molar refractivity (Wildman–Crippen MR) is 132 cm³/mol. The zero-order chi connectivity index (χ0) is 22.1. The van der Waals surface area contributed by atoms with Gasteiger partial charge < -0.3 is 14.5 Å². The molecule has 0 radical (unpaired) electrons. The Labute approximate surface area is 198 Å². The molecule has 3 rings (SSSR count). The predicted octanol–water partition coefficient (Wildman–Crippen LogP) is 5.13. The number of para-hydroxylation sites is 1. The van der Waals surface area contributed by atoms with Crippen LogP contribution in [0.4, 0.5) is 5.69 Å². The van der Waals surface area contributed by atoms with E-state index in [9.17, 15) is 9.59 Å². The van der Waals surface area contributed by atoms with Crippen LogP contribution in [0.5, 0.6) is 0 Å². The molecule has 1 aliphatic heterocycles. The van der Waals surface area contributed by atoms with Gasteiger partial charge in [-0.15, -0.1) is 12.4 Å². The van der Waals surface area contributed by atoms with Crippen LogP contribution in [-0.4, -0.2) is 49.1 Å². The van der Waals surface area contributed by atoms with Gasteiger partial charge in [0.15, 0.2) is 0 Å². The minimum Gasteiger partial charge on any atom is -0.462 e. The summed E-state index contributed by atoms with van der Waals surface area (Å²) in [6.07, 6.45) is 4.02. The number of carbonyl (C=O) groups excluding carboxylic acids is 2. The zero-order valence-corrected chi connectivity index (χ0v) is 20.0. The molecule has 0 aliphatic carbocycles. The Morgan fingerprint density at radius 3 is 2.31 bits per heavy atom. The third-order valence-electron chi connectivity index (χ3n) is 5.87. The monoisotopic (exact) mass is 458 g/mol. The minimum atomic E-state index is -0.355. The summed E-state index contributed by atoms with van der Waals surface area (Å²) in [4.78, 5) is 29.9. The second kappa shape index (κ2) is 13.2. The van der Waals surface area contributed by atoms with Crippen molar-refractivity contribution in [3.05, 3.63) is 65.7 Å². The topological polar surface area (TPSA) is 49.9 Å². The highest BCUT2D eigenvalue weighted by atomic mass is 35.5. The standard InChI is InChI=1S/C26H34N2O3.ClH/c1-3-20-31-26(30)23-12-8-9-13-24(23)28(25(29)4-2)22-15-18-27(19-16-22)17-14-21-10-6-5-7-11-21;/h5-13,22H,3-4,14-20H2,1-2H3;1H. The molecule has 5 nitrogen and oxygen atoms in total. The number of rotatable bonds is 9. The van der Waals surface area contributed by atoms with E-state index in [1.807, 2.05) is 43.0 Å². The summed E-state index contributed by atoms with van der Waals surface area (Å²) in [5.74, 6) is -0.301. The Kier molecular flexibility index (Phi) is 10.7. The SMILES string of the molecule is CCCOC(=O)c1ccccc1N(C(=O)CC)C1CCN(CCc2ccccc2)CC1.Cl. The Morgan fingerprint density at radius 2 is 1.66 bits per heavy atom. The first-order chi connectivity index (χ1) is 15.1. The molecule has 0 bridgehead atoms. The highest BCUT2D eigenvalue weighted by molar-refractivity contribution is 6.02. The smallest absolute Gasteiger partial charge is 0.340 e. The van der Waals surface area contributed by atoms with E-state index < -0.39 is 0 Å². The maximum atomic E-state index is 13.0. The molecule has 174 valence electrons. The molecular formula is C26H35ClN2O3. The first kappa shape index (κ1) is 25.9. The number of ether oxygens (including phenoxy) is 1. The van der Waals surface area contributed by atoms with Crippen molar-refractivity contribution in [1.29, 1.82) is 0 Å². The molecule has 0 spiro atoms. The Bertz CT molecular complexity index is 851. The van der Waals surface area contributed by atoms with Crippen LogP contribution in [0, 0.1) is 0 Å². The summed E-state index contributed by atoms with van der Waals surface area (Å²) < 4.78 is 5.37. The number of piperidine rings is 1. The Morgan fingerprint density at radius 1 is 1.00 bits per heavy atom. The number of halogens is 1. The molecule has 0 aromatic heterocycles. The van der Waals surface area contributed by atoms with Crippen LogP contribution >= 0.6 is 12.4 Å². The van der Waals surface area contributed by atoms with Gasteiger partial charge in [0.25, 0.3) is 0 Å². The summed E-state index contributed by atoms with van der Waals surface area (Å²) in [5.41, 5.74) is 2.51. The molecule has 2 aromatic rings. The Hall–Kier alpha value is -2.37. The van der Waals surface area contributed by atoms with Crippen molar-refractivity contribution >= 4 is 30.0 Å². The average Bonchev–Trinajstić information content (AvgIpc) is 2.83. The van der Waals surface area contributed by atoms with Crippen LogP contribution in [0.3, 0.4) is 0 Å². The number of hydrogen-bond donors (Lipinski definition) is 0. The third-order valence-corrected chi connectivity index (χ3v) is 5.87. The van der Waals surface area contributed by atoms with Gasteiger partial charge >= 0.3 is 5.97 Å². The average molecular weight is 459 g/mol.